The summed E-state index contributed by atoms with van der Waals surface area (Å²) in [6.07, 6.45) is 5.11. The lowest BCUT2D eigenvalue weighted by Gasteiger charge is -1.90. The van der Waals surface area contributed by atoms with E-state index in [1.165, 1.54) is 6.92 Å². The lowest BCUT2D eigenvalue weighted by Crippen LogP contribution is -1.83. The van der Waals surface area contributed by atoms with Crippen molar-refractivity contribution in [2.75, 3.05) is 5.73 Å². The van der Waals surface area contributed by atoms with Crippen molar-refractivity contribution in [3.63, 3.8) is 0 Å². The van der Waals surface area contributed by atoms with Crippen LogP contribution in [0.2, 0.25) is 0 Å². The molecule has 0 bridgehead atoms. The smallest absolute Gasteiger partial charge is 0.0587 e. The predicted molar refractivity (Wildman–Crippen MR) is 50.1 cm³/mol. The van der Waals surface area contributed by atoms with E-state index < -0.39 is 0 Å². The van der Waals surface area contributed by atoms with Crippen LogP contribution in [0.3, 0.4) is 0 Å². The molecule has 0 amide bonds. The van der Waals surface area contributed by atoms with Crippen LogP contribution in [0.4, 0.5) is 5.69 Å². The number of benzene rings is 1. The van der Waals surface area contributed by atoms with Gasteiger partial charge in [0.25, 0.3) is 0 Å². The Morgan fingerprint density at radius 2 is 2.08 bits per heavy atom. The summed E-state index contributed by atoms with van der Waals surface area (Å²) in [6.45, 7) is 1.43. The number of nitrogen functional groups attached to an aromatic ring is 1. The maximum Gasteiger partial charge on any atom is 0.0587 e. The third-order valence-corrected chi connectivity index (χ3v) is 1.05. The SMILES string of the molecule is C#Cc1cccc(N)c1.CC#N. The quantitative estimate of drug-likeness (QED) is 0.462. The third-order valence-electron chi connectivity index (χ3n) is 1.05. The van der Waals surface area contributed by atoms with Crippen molar-refractivity contribution in [3.05, 3.63) is 29.8 Å². The van der Waals surface area contributed by atoms with Crippen molar-refractivity contribution in [1.82, 2.24) is 0 Å². The molecular formula is C10H10N2. The van der Waals surface area contributed by atoms with Crippen LogP contribution in [0.15, 0.2) is 24.3 Å². The van der Waals surface area contributed by atoms with Gasteiger partial charge in [-0.1, -0.05) is 12.0 Å². The van der Waals surface area contributed by atoms with E-state index in [2.05, 4.69) is 5.92 Å². The molecular weight excluding hydrogens is 148 g/mol. The number of rotatable bonds is 0. The summed E-state index contributed by atoms with van der Waals surface area (Å²) in [5.74, 6) is 2.49. The molecule has 0 spiro atoms. The largest absolute Gasteiger partial charge is 0.399 e. The van der Waals surface area contributed by atoms with Crippen molar-refractivity contribution in [1.29, 1.82) is 5.26 Å². The van der Waals surface area contributed by atoms with Crippen LogP contribution in [-0.2, 0) is 0 Å². The molecule has 0 unspecified atom stereocenters. The molecule has 0 saturated carbocycles. The zero-order valence-electron chi connectivity index (χ0n) is 6.91. The highest BCUT2D eigenvalue weighted by atomic mass is 14.5. The van der Waals surface area contributed by atoms with Gasteiger partial charge in [-0.3, -0.25) is 0 Å². The molecule has 0 fully saturated rings. The lowest BCUT2D eigenvalue weighted by atomic mass is 10.2. The predicted octanol–water partition coefficient (Wildman–Crippen LogP) is 1.78. The van der Waals surface area contributed by atoms with Crippen LogP contribution in [0.25, 0.3) is 0 Å². The van der Waals surface area contributed by atoms with Crippen LogP contribution >= 0.6 is 0 Å². The zero-order chi connectivity index (χ0) is 9.40. The Morgan fingerprint density at radius 3 is 2.42 bits per heavy atom. The van der Waals surface area contributed by atoms with Gasteiger partial charge >= 0.3 is 0 Å². The number of nitriles is 1. The maximum atomic E-state index is 7.32. The minimum absolute atomic E-state index is 0.713. The topological polar surface area (TPSA) is 49.8 Å². The number of nitrogens with zero attached hydrogens (tertiary/aromatic N) is 1. The van der Waals surface area contributed by atoms with E-state index in [9.17, 15) is 0 Å². The second-order valence-corrected chi connectivity index (χ2v) is 1.99. The Kier molecular flexibility index (Phi) is 4.89. The highest BCUT2D eigenvalue weighted by Gasteiger charge is 1.84. The average molecular weight is 158 g/mol. The summed E-state index contributed by atoms with van der Waals surface area (Å²) >= 11 is 0. The van der Waals surface area contributed by atoms with E-state index >= 15 is 0 Å². The molecule has 12 heavy (non-hydrogen) atoms. The van der Waals surface area contributed by atoms with Gasteiger partial charge in [-0.05, 0) is 18.2 Å². The zero-order valence-corrected chi connectivity index (χ0v) is 6.91. The van der Waals surface area contributed by atoms with Gasteiger partial charge in [0.15, 0.2) is 0 Å². The van der Waals surface area contributed by atoms with Gasteiger partial charge < -0.3 is 5.73 Å². The number of nitrogens with two attached hydrogens (primary N) is 1. The van der Waals surface area contributed by atoms with Gasteiger partial charge in [-0.25, -0.2) is 0 Å². The highest BCUT2D eigenvalue weighted by Crippen LogP contribution is 2.03. The first-order chi connectivity index (χ1) is 5.74. The second kappa shape index (κ2) is 5.82. The van der Waals surface area contributed by atoms with Crippen LogP contribution in [0.1, 0.15) is 12.5 Å². The molecule has 2 nitrogen and oxygen atoms in total. The minimum atomic E-state index is 0.713. The molecule has 0 aromatic heterocycles. The number of anilines is 1. The third kappa shape index (κ3) is 3.98. The first kappa shape index (κ1) is 10.1. The maximum absolute atomic E-state index is 7.32. The molecule has 0 atom stereocenters. The molecule has 0 aliphatic heterocycles. The molecule has 0 heterocycles. The number of hydrogen-bond acceptors (Lipinski definition) is 2. The van der Waals surface area contributed by atoms with Crippen LogP contribution in [0.5, 0.6) is 0 Å². The van der Waals surface area contributed by atoms with Crippen molar-refractivity contribution in [2.45, 2.75) is 6.92 Å². The van der Waals surface area contributed by atoms with Gasteiger partial charge in [0.05, 0.1) is 6.07 Å². The van der Waals surface area contributed by atoms with Crippen molar-refractivity contribution < 1.29 is 0 Å². The Labute approximate surface area is 72.6 Å². The molecule has 1 aromatic carbocycles. The summed E-state index contributed by atoms with van der Waals surface area (Å²) in [5.41, 5.74) is 6.98. The summed E-state index contributed by atoms with van der Waals surface area (Å²) in [7, 11) is 0. The molecule has 0 radical (unpaired) electrons. The van der Waals surface area contributed by atoms with Gasteiger partial charge in [-0.15, -0.1) is 6.42 Å². The first-order valence-corrected chi connectivity index (χ1v) is 3.37. The van der Waals surface area contributed by atoms with Crippen molar-refractivity contribution >= 4 is 5.69 Å². The van der Waals surface area contributed by atoms with E-state index in [0.29, 0.717) is 5.69 Å². The fourth-order valence-electron chi connectivity index (χ4n) is 0.628. The number of terminal acetylenes is 1. The molecule has 1 aromatic rings. The monoisotopic (exact) mass is 158 g/mol. The van der Waals surface area contributed by atoms with Crippen LogP contribution in [-0.4, -0.2) is 0 Å². The molecule has 2 N–H and O–H groups in total. The van der Waals surface area contributed by atoms with E-state index in [-0.39, 0.29) is 0 Å². The Balaban J connectivity index is 0.000000354. The number of hydrogen-bond donors (Lipinski definition) is 1. The van der Waals surface area contributed by atoms with Crippen molar-refractivity contribution in [2.24, 2.45) is 0 Å². The molecule has 2 heteroatoms. The molecule has 60 valence electrons. The fourth-order valence-corrected chi connectivity index (χ4v) is 0.628. The summed E-state index contributed by atoms with van der Waals surface area (Å²) in [5, 5.41) is 7.32. The molecule has 0 saturated heterocycles. The van der Waals surface area contributed by atoms with Gasteiger partial charge in [-0.2, -0.15) is 5.26 Å². The van der Waals surface area contributed by atoms with Crippen LogP contribution in [0, 0.1) is 23.7 Å². The standard InChI is InChI=1S/C8H7N.C2H3N/c1-2-7-4-3-5-8(9)6-7;1-2-3/h1,3-6H,9H2;1H3. The minimum Gasteiger partial charge on any atom is -0.399 e. The normalized spacial score (nSPS) is 6.92. The molecule has 1 rings (SSSR count). The second-order valence-electron chi connectivity index (χ2n) is 1.99. The summed E-state index contributed by atoms with van der Waals surface area (Å²) < 4.78 is 0. The Bertz CT molecular complexity index is 315. The average Bonchev–Trinajstić information content (AvgIpc) is 2.06. The van der Waals surface area contributed by atoms with E-state index in [1.54, 1.807) is 18.2 Å². The molecule has 0 aliphatic rings. The van der Waals surface area contributed by atoms with E-state index in [4.69, 9.17) is 17.4 Å². The highest BCUT2D eigenvalue weighted by molar-refractivity contribution is 5.46. The summed E-state index contributed by atoms with van der Waals surface area (Å²) in [4.78, 5) is 0. The first-order valence-electron chi connectivity index (χ1n) is 3.37. The van der Waals surface area contributed by atoms with Crippen LogP contribution < -0.4 is 5.73 Å². The Morgan fingerprint density at radius 1 is 1.50 bits per heavy atom. The van der Waals surface area contributed by atoms with Crippen molar-refractivity contribution in [3.8, 4) is 18.4 Å². The van der Waals surface area contributed by atoms with Gasteiger partial charge in [0.2, 0.25) is 0 Å². The van der Waals surface area contributed by atoms with E-state index in [0.717, 1.165) is 5.56 Å². The van der Waals surface area contributed by atoms with E-state index in [1.807, 2.05) is 12.1 Å². The summed E-state index contributed by atoms with van der Waals surface area (Å²) in [6, 6.07) is 9.00. The molecule has 0 aliphatic carbocycles. The van der Waals surface area contributed by atoms with Gasteiger partial charge in [0, 0.05) is 18.2 Å². The van der Waals surface area contributed by atoms with Gasteiger partial charge in [0.1, 0.15) is 0 Å². The Hall–Kier alpha value is -1.93. The fraction of sp³-hybridized carbons (Fsp3) is 0.100. The lowest BCUT2D eigenvalue weighted by molar-refractivity contribution is 1.49.